The van der Waals surface area contributed by atoms with Crippen molar-refractivity contribution in [1.29, 1.82) is 0 Å². The number of aromatic nitrogens is 2. The van der Waals surface area contributed by atoms with Gasteiger partial charge in [0.05, 0.1) is 17.8 Å². The van der Waals surface area contributed by atoms with Crippen LogP contribution in [0, 0.1) is 10.1 Å². The summed E-state index contributed by atoms with van der Waals surface area (Å²) in [6.07, 6.45) is 1.45. The third-order valence-corrected chi connectivity index (χ3v) is 2.87. The first-order valence-electron chi connectivity index (χ1n) is 4.68. The number of nitrogens with zero attached hydrogens (tertiary/aromatic N) is 3. The highest BCUT2D eigenvalue weighted by molar-refractivity contribution is 9.10. The van der Waals surface area contributed by atoms with E-state index in [1.807, 2.05) is 24.3 Å². The van der Waals surface area contributed by atoms with Gasteiger partial charge in [0.25, 0.3) is 0 Å². The fraction of sp³-hybridized carbons (Fsp3) is 0.100. The Morgan fingerprint density at radius 1 is 1.53 bits per heavy atom. The van der Waals surface area contributed by atoms with Crippen LogP contribution >= 0.6 is 27.5 Å². The van der Waals surface area contributed by atoms with E-state index in [4.69, 9.17) is 11.6 Å². The second-order valence-corrected chi connectivity index (χ2v) is 4.71. The molecule has 1 heterocycles. The van der Waals surface area contributed by atoms with Crippen molar-refractivity contribution in [1.82, 2.24) is 9.78 Å². The van der Waals surface area contributed by atoms with Crippen molar-refractivity contribution in [3.63, 3.8) is 0 Å². The summed E-state index contributed by atoms with van der Waals surface area (Å²) in [5.41, 5.74) is 0.980. The molecule has 0 bridgehead atoms. The average molecular weight is 317 g/mol. The Balaban J connectivity index is 2.25. The zero-order valence-corrected chi connectivity index (χ0v) is 10.8. The van der Waals surface area contributed by atoms with E-state index in [1.165, 1.54) is 10.9 Å². The number of rotatable bonds is 3. The maximum atomic E-state index is 10.6. The maximum absolute atomic E-state index is 10.6. The Labute approximate surface area is 110 Å². The summed E-state index contributed by atoms with van der Waals surface area (Å²) < 4.78 is 2.39. The summed E-state index contributed by atoms with van der Waals surface area (Å²) in [4.78, 5) is 9.98. The van der Waals surface area contributed by atoms with E-state index in [1.54, 1.807) is 0 Å². The van der Waals surface area contributed by atoms with Crippen LogP contribution in [0.5, 0.6) is 0 Å². The number of hydrogen-bond donors (Lipinski definition) is 0. The summed E-state index contributed by atoms with van der Waals surface area (Å²) in [6, 6.07) is 7.62. The first kappa shape index (κ1) is 12.1. The molecule has 17 heavy (non-hydrogen) atoms. The average Bonchev–Trinajstić information content (AvgIpc) is 2.59. The Morgan fingerprint density at radius 3 is 2.88 bits per heavy atom. The highest BCUT2D eigenvalue weighted by atomic mass is 79.9. The largest absolute Gasteiger partial charge is 0.408 e. The highest BCUT2D eigenvalue weighted by Gasteiger charge is 2.18. The molecule has 0 unspecified atom stereocenters. The van der Waals surface area contributed by atoms with E-state index >= 15 is 0 Å². The Hall–Kier alpha value is -1.40. The minimum absolute atomic E-state index is 0.0463. The molecule has 7 heteroatoms. The molecule has 0 amide bonds. The minimum Gasteiger partial charge on any atom is -0.358 e. The Morgan fingerprint density at radius 2 is 2.29 bits per heavy atom. The molecule has 0 aliphatic rings. The number of benzene rings is 1. The van der Waals surface area contributed by atoms with Crippen LogP contribution in [0.4, 0.5) is 5.82 Å². The maximum Gasteiger partial charge on any atom is 0.408 e. The second kappa shape index (κ2) is 4.85. The topological polar surface area (TPSA) is 61.0 Å². The Kier molecular flexibility index (Phi) is 3.44. The van der Waals surface area contributed by atoms with Gasteiger partial charge >= 0.3 is 5.82 Å². The smallest absolute Gasteiger partial charge is 0.358 e. The molecule has 1 aromatic heterocycles. The molecule has 2 aromatic rings. The van der Waals surface area contributed by atoms with Gasteiger partial charge in [-0.1, -0.05) is 39.7 Å². The van der Waals surface area contributed by atoms with Crippen LogP contribution in [0.25, 0.3) is 0 Å². The second-order valence-electron chi connectivity index (χ2n) is 3.39. The van der Waals surface area contributed by atoms with Crippen molar-refractivity contribution < 1.29 is 4.92 Å². The van der Waals surface area contributed by atoms with Crippen molar-refractivity contribution in [2.45, 2.75) is 6.54 Å². The van der Waals surface area contributed by atoms with E-state index < -0.39 is 4.92 Å². The molecule has 0 N–H and O–H groups in total. The standard InChI is InChI=1S/C10H7BrClN3O2/c11-8-3-1-2-7(4-8)5-14-6-9(12)10(13-14)15(16)17/h1-4,6H,5H2. The molecule has 2 rings (SSSR count). The predicted molar refractivity (Wildman–Crippen MR) is 67.1 cm³/mol. The molecule has 0 saturated carbocycles. The lowest BCUT2D eigenvalue weighted by Gasteiger charge is -1.98. The molecular formula is C10H7BrClN3O2. The predicted octanol–water partition coefficient (Wildman–Crippen LogP) is 3.26. The van der Waals surface area contributed by atoms with Gasteiger partial charge in [0.1, 0.15) is 0 Å². The van der Waals surface area contributed by atoms with E-state index in [2.05, 4.69) is 21.0 Å². The molecule has 88 valence electrons. The molecule has 5 nitrogen and oxygen atoms in total. The van der Waals surface area contributed by atoms with Crippen molar-refractivity contribution in [3.8, 4) is 0 Å². The number of halogens is 2. The highest BCUT2D eigenvalue weighted by Crippen LogP contribution is 2.22. The molecule has 0 aliphatic heterocycles. The molecule has 0 spiro atoms. The van der Waals surface area contributed by atoms with Gasteiger partial charge in [-0.25, -0.2) is 0 Å². The molecule has 0 fully saturated rings. The lowest BCUT2D eigenvalue weighted by atomic mass is 10.2. The molecule has 0 atom stereocenters. The molecule has 0 saturated heterocycles. The zero-order valence-electron chi connectivity index (χ0n) is 8.51. The number of hydrogen-bond acceptors (Lipinski definition) is 3. The molecular weight excluding hydrogens is 309 g/mol. The summed E-state index contributed by atoms with van der Waals surface area (Å²) in [5, 5.41) is 14.4. The van der Waals surface area contributed by atoms with Gasteiger partial charge in [0.2, 0.25) is 0 Å². The van der Waals surface area contributed by atoms with Crippen molar-refractivity contribution in [3.05, 3.63) is 55.6 Å². The van der Waals surface area contributed by atoms with Crippen LogP contribution in [0.15, 0.2) is 34.9 Å². The van der Waals surface area contributed by atoms with E-state index in [0.717, 1.165) is 10.0 Å². The zero-order chi connectivity index (χ0) is 12.4. The van der Waals surface area contributed by atoms with E-state index in [9.17, 15) is 10.1 Å². The number of nitro groups is 1. The summed E-state index contributed by atoms with van der Waals surface area (Å²) in [5.74, 6) is -0.318. The van der Waals surface area contributed by atoms with E-state index in [-0.39, 0.29) is 10.8 Å². The van der Waals surface area contributed by atoms with Gasteiger partial charge in [-0.05, 0) is 22.6 Å². The van der Waals surface area contributed by atoms with Crippen LogP contribution < -0.4 is 0 Å². The quantitative estimate of drug-likeness (QED) is 0.645. The Bertz CT molecular complexity index is 570. The third-order valence-electron chi connectivity index (χ3n) is 2.11. The van der Waals surface area contributed by atoms with Crippen LogP contribution in [0.2, 0.25) is 5.02 Å². The monoisotopic (exact) mass is 315 g/mol. The van der Waals surface area contributed by atoms with Gasteiger partial charge < -0.3 is 10.1 Å². The van der Waals surface area contributed by atoms with Gasteiger partial charge in [-0.3, -0.25) is 0 Å². The van der Waals surface area contributed by atoms with Gasteiger partial charge in [-0.15, -0.1) is 0 Å². The first-order chi connectivity index (χ1) is 8.06. The van der Waals surface area contributed by atoms with Crippen molar-refractivity contribution in [2.24, 2.45) is 0 Å². The van der Waals surface area contributed by atoms with Crippen LogP contribution in [-0.4, -0.2) is 14.7 Å². The lowest BCUT2D eigenvalue weighted by molar-refractivity contribution is -0.389. The fourth-order valence-corrected chi connectivity index (χ4v) is 2.08. The summed E-state index contributed by atoms with van der Waals surface area (Å²) >= 11 is 9.06. The first-order valence-corrected chi connectivity index (χ1v) is 5.85. The van der Waals surface area contributed by atoms with Crippen molar-refractivity contribution in [2.75, 3.05) is 0 Å². The normalized spacial score (nSPS) is 10.5. The van der Waals surface area contributed by atoms with Gasteiger partial charge in [0.15, 0.2) is 5.02 Å². The van der Waals surface area contributed by atoms with Crippen LogP contribution in [-0.2, 0) is 6.54 Å². The minimum atomic E-state index is -0.597. The molecule has 0 aliphatic carbocycles. The third kappa shape index (κ3) is 2.83. The van der Waals surface area contributed by atoms with Crippen LogP contribution in [0.3, 0.4) is 0 Å². The van der Waals surface area contributed by atoms with Crippen molar-refractivity contribution >= 4 is 33.3 Å². The van der Waals surface area contributed by atoms with Gasteiger partial charge in [-0.2, -0.15) is 4.68 Å². The summed E-state index contributed by atoms with van der Waals surface area (Å²) in [7, 11) is 0. The molecule has 0 radical (unpaired) electrons. The SMILES string of the molecule is O=[N+]([O-])c1nn(Cc2cccc(Br)c2)cc1Cl. The summed E-state index contributed by atoms with van der Waals surface area (Å²) in [6.45, 7) is 0.438. The van der Waals surface area contributed by atoms with Gasteiger partial charge in [0, 0.05) is 4.47 Å². The molecule has 1 aromatic carbocycles. The lowest BCUT2D eigenvalue weighted by Crippen LogP contribution is -2.01. The fourth-order valence-electron chi connectivity index (χ4n) is 1.41. The van der Waals surface area contributed by atoms with E-state index in [0.29, 0.717) is 6.54 Å². The van der Waals surface area contributed by atoms with Crippen LogP contribution in [0.1, 0.15) is 5.56 Å².